The first-order valence-electron chi connectivity index (χ1n) is 36.3. The predicted molar refractivity (Wildman–Crippen MR) is 358 cm³/mol. The number of ether oxygens (including phenoxy) is 3. The molecular weight excluding hydrogens is 1010 g/mol. The molecule has 82 heavy (non-hydrogen) atoms. The third-order valence-electron chi connectivity index (χ3n) is 16.3. The molecule has 0 aromatic rings. The second kappa shape index (κ2) is 70.6. The number of esters is 3. The topological polar surface area (TPSA) is 78.9 Å². The van der Waals surface area contributed by atoms with Crippen LogP contribution in [-0.4, -0.2) is 37.2 Å². The molecule has 0 aromatic heterocycles. The van der Waals surface area contributed by atoms with Gasteiger partial charge >= 0.3 is 17.9 Å². The van der Waals surface area contributed by atoms with E-state index in [4.69, 9.17) is 14.2 Å². The highest BCUT2D eigenvalue weighted by Gasteiger charge is 2.19. The number of unbranched alkanes of at least 4 members (excludes halogenated alkanes) is 46. The third kappa shape index (κ3) is 67.9. The van der Waals surface area contributed by atoms with Crippen molar-refractivity contribution >= 4 is 17.9 Å². The Balaban J connectivity index is 4.20. The molecule has 6 nitrogen and oxygen atoms in total. The number of rotatable bonds is 67. The largest absolute Gasteiger partial charge is 0.462 e. The fourth-order valence-electron chi connectivity index (χ4n) is 10.8. The smallest absolute Gasteiger partial charge is 0.306 e. The van der Waals surface area contributed by atoms with Crippen LogP contribution in [0.5, 0.6) is 0 Å². The monoisotopic (exact) mass is 1150 g/mol. The zero-order valence-corrected chi connectivity index (χ0v) is 55.0. The SMILES string of the molecule is CC/C=C\C/C=C\C/C=C\CCCCCC(=O)OCC(COC(=O)CCCCCCCCCCCCCCCCCCC/C=C\C/C=C\CCCCCCC)OC(=O)CCCCCCCCCCCCCCCCCCCCCCCC. The van der Waals surface area contributed by atoms with E-state index in [-0.39, 0.29) is 31.1 Å². The fourth-order valence-corrected chi connectivity index (χ4v) is 10.8. The van der Waals surface area contributed by atoms with Crippen LogP contribution < -0.4 is 0 Å². The van der Waals surface area contributed by atoms with Crippen LogP contribution in [0.2, 0.25) is 0 Å². The zero-order valence-electron chi connectivity index (χ0n) is 55.0. The van der Waals surface area contributed by atoms with Gasteiger partial charge in [-0.15, -0.1) is 0 Å². The summed E-state index contributed by atoms with van der Waals surface area (Å²) in [7, 11) is 0. The summed E-state index contributed by atoms with van der Waals surface area (Å²) >= 11 is 0. The van der Waals surface area contributed by atoms with E-state index in [9.17, 15) is 14.4 Å². The maximum absolute atomic E-state index is 13.0. The summed E-state index contributed by atoms with van der Waals surface area (Å²) in [5.74, 6) is -0.884. The fraction of sp³-hybridized carbons (Fsp3) is 0.829. The standard InChI is InChI=1S/C76H138O6/c1-4-7-10-13-16-19-22-25-27-29-31-33-35-36-37-38-39-40-41-43-44-46-48-51-54-57-60-63-66-69-75(78)81-72-73(71-80-74(77)68-65-62-59-56-53-50-24-21-18-15-12-9-6-3)82-76(79)70-67-64-61-58-55-52-49-47-45-42-34-32-30-28-26-23-20-17-14-11-8-5-2/h9,12,18,21-22,25,29,31,50,53,73H,4-8,10-11,13-17,19-20,23-24,26-28,30,32-49,51-52,54-72H2,1-3H3/b12-9-,21-18-,25-22-,31-29-,53-50-. The highest BCUT2D eigenvalue weighted by Crippen LogP contribution is 2.19. The lowest BCUT2D eigenvalue weighted by atomic mass is 10.0. The van der Waals surface area contributed by atoms with E-state index in [0.717, 1.165) is 89.9 Å². The normalized spacial score (nSPS) is 12.4. The minimum atomic E-state index is -0.785. The number of hydrogen-bond donors (Lipinski definition) is 0. The Morgan fingerprint density at radius 3 is 0.756 bits per heavy atom. The second-order valence-corrected chi connectivity index (χ2v) is 24.5. The van der Waals surface area contributed by atoms with Crippen molar-refractivity contribution in [1.29, 1.82) is 0 Å². The van der Waals surface area contributed by atoms with Crippen molar-refractivity contribution < 1.29 is 28.6 Å². The van der Waals surface area contributed by atoms with Gasteiger partial charge in [0.2, 0.25) is 0 Å². The van der Waals surface area contributed by atoms with Gasteiger partial charge in [-0.1, -0.05) is 345 Å². The van der Waals surface area contributed by atoms with Gasteiger partial charge in [0.05, 0.1) is 0 Å². The molecule has 0 N–H and O–H groups in total. The molecule has 0 heterocycles. The molecule has 478 valence electrons. The summed E-state index contributed by atoms with van der Waals surface area (Å²) in [5, 5.41) is 0. The Morgan fingerprint density at radius 1 is 0.256 bits per heavy atom. The lowest BCUT2D eigenvalue weighted by Crippen LogP contribution is -2.30. The Kier molecular flexibility index (Phi) is 68.1. The van der Waals surface area contributed by atoms with Gasteiger partial charge in [0.1, 0.15) is 13.2 Å². The summed E-state index contributed by atoms with van der Waals surface area (Å²) in [6.07, 6.45) is 91.3. The van der Waals surface area contributed by atoms with Crippen molar-refractivity contribution in [2.75, 3.05) is 13.2 Å². The highest BCUT2D eigenvalue weighted by atomic mass is 16.6. The highest BCUT2D eigenvalue weighted by molar-refractivity contribution is 5.71. The summed E-state index contributed by atoms with van der Waals surface area (Å²) < 4.78 is 17.0. The molecule has 0 saturated carbocycles. The average Bonchev–Trinajstić information content (AvgIpc) is 3.48. The van der Waals surface area contributed by atoms with Crippen molar-refractivity contribution in [2.45, 2.75) is 393 Å². The molecule has 1 unspecified atom stereocenters. The molecule has 0 fully saturated rings. The predicted octanol–water partition coefficient (Wildman–Crippen LogP) is 25.1. The first kappa shape index (κ1) is 79.1. The maximum atomic E-state index is 13.0. The molecule has 0 rings (SSSR count). The molecule has 0 aliphatic rings. The first-order chi connectivity index (χ1) is 40.5. The molecule has 0 spiro atoms. The van der Waals surface area contributed by atoms with E-state index >= 15 is 0 Å². The summed E-state index contributed by atoms with van der Waals surface area (Å²) in [5.41, 5.74) is 0. The van der Waals surface area contributed by atoms with Crippen LogP contribution in [0.15, 0.2) is 60.8 Å². The molecule has 0 bridgehead atoms. The van der Waals surface area contributed by atoms with Crippen molar-refractivity contribution in [3.05, 3.63) is 60.8 Å². The van der Waals surface area contributed by atoms with Crippen LogP contribution in [0, 0.1) is 0 Å². The quantitative estimate of drug-likeness (QED) is 0.0261. The van der Waals surface area contributed by atoms with Crippen molar-refractivity contribution in [3.8, 4) is 0 Å². The van der Waals surface area contributed by atoms with Gasteiger partial charge in [-0.2, -0.15) is 0 Å². The van der Waals surface area contributed by atoms with Gasteiger partial charge < -0.3 is 14.2 Å². The third-order valence-corrected chi connectivity index (χ3v) is 16.3. The van der Waals surface area contributed by atoms with Gasteiger partial charge in [-0.25, -0.2) is 0 Å². The lowest BCUT2D eigenvalue weighted by Gasteiger charge is -2.18. The molecule has 0 radical (unpaired) electrons. The molecule has 0 aliphatic carbocycles. The van der Waals surface area contributed by atoms with E-state index < -0.39 is 6.10 Å². The molecule has 0 aliphatic heterocycles. The van der Waals surface area contributed by atoms with Crippen molar-refractivity contribution in [2.24, 2.45) is 0 Å². The molecular formula is C76H138O6. The number of carbonyl (C=O) groups excluding carboxylic acids is 3. The average molecular weight is 1150 g/mol. The summed E-state index contributed by atoms with van der Waals surface area (Å²) in [4.78, 5) is 38.4. The molecule has 0 aromatic carbocycles. The van der Waals surface area contributed by atoms with Gasteiger partial charge in [-0.05, 0) is 83.5 Å². The van der Waals surface area contributed by atoms with Gasteiger partial charge in [0, 0.05) is 19.3 Å². The molecule has 0 amide bonds. The summed E-state index contributed by atoms with van der Waals surface area (Å²) in [6, 6.07) is 0. The minimum absolute atomic E-state index is 0.0789. The molecule has 1 atom stereocenters. The van der Waals surface area contributed by atoms with E-state index in [1.165, 1.54) is 257 Å². The van der Waals surface area contributed by atoms with E-state index in [2.05, 4.69) is 81.5 Å². The van der Waals surface area contributed by atoms with Crippen molar-refractivity contribution in [1.82, 2.24) is 0 Å². The Morgan fingerprint density at radius 2 is 0.476 bits per heavy atom. The van der Waals surface area contributed by atoms with Crippen LogP contribution in [0.25, 0.3) is 0 Å². The van der Waals surface area contributed by atoms with Crippen LogP contribution in [0.4, 0.5) is 0 Å². The minimum Gasteiger partial charge on any atom is -0.462 e. The molecule has 6 heteroatoms. The van der Waals surface area contributed by atoms with E-state index in [1.807, 2.05) is 0 Å². The number of hydrogen-bond acceptors (Lipinski definition) is 6. The Hall–Kier alpha value is -2.89. The van der Waals surface area contributed by atoms with Crippen LogP contribution >= 0.6 is 0 Å². The van der Waals surface area contributed by atoms with E-state index in [0.29, 0.717) is 19.3 Å². The maximum Gasteiger partial charge on any atom is 0.306 e. The Labute approximate surface area is 510 Å². The number of carbonyl (C=O) groups is 3. The van der Waals surface area contributed by atoms with Gasteiger partial charge in [0.15, 0.2) is 6.10 Å². The number of allylic oxidation sites excluding steroid dienone is 10. The zero-order chi connectivity index (χ0) is 59.2. The lowest BCUT2D eigenvalue weighted by molar-refractivity contribution is -0.167. The first-order valence-corrected chi connectivity index (χ1v) is 36.3. The van der Waals surface area contributed by atoms with E-state index in [1.54, 1.807) is 0 Å². The summed E-state index contributed by atoms with van der Waals surface area (Å²) in [6.45, 7) is 6.56. The Bertz CT molecular complexity index is 1460. The molecule has 0 saturated heterocycles. The van der Waals surface area contributed by atoms with Crippen LogP contribution in [0.1, 0.15) is 387 Å². The van der Waals surface area contributed by atoms with Crippen LogP contribution in [-0.2, 0) is 28.6 Å². The van der Waals surface area contributed by atoms with Gasteiger partial charge in [0.25, 0.3) is 0 Å². The van der Waals surface area contributed by atoms with Crippen LogP contribution in [0.3, 0.4) is 0 Å². The second-order valence-electron chi connectivity index (χ2n) is 24.5. The van der Waals surface area contributed by atoms with Gasteiger partial charge in [-0.3, -0.25) is 14.4 Å². The van der Waals surface area contributed by atoms with Crippen molar-refractivity contribution in [3.63, 3.8) is 0 Å².